The minimum atomic E-state index is -3.59. The molecule has 0 bridgehead atoms. The smallest absolute Gasteiger partial charge is 0.251 e. The van der Waals surface area contributed by atoms with Crippen molar-refractivity contribution in [1.82, 2.24) is 9.62 Å². The van der Waals surface area contributed by atoms with Crippen LogP contribution in [0.5, 0.6) is 0 Å². The third-order valence-electron chi connectivity index (χ3n) is 5.54. The number of hydrogen-bond acceptors (Lipinski definition) is 4. The first-order valence-corrected chi connectivity index (χ1v) is 12.3. The minimum Gasteiger partial charge on any atom is -0.374 e. The highest BCUT2D eigenvalue weighted by Crippen LogP contribution is 2.23. The second-order valence-electron chi connectivity index (χ2n) is 8.25. The summed E-state index contributed by atoms with van der Waals surface area (Å²) in [6.45, 7) is 7.68. The van der Waals surface area contributed by atoms with Crippen LogP contribution in [0, 0.1) is 6.92 Å². The number of aryl methyl sites for hydroxylation is 1. The van der Waals surface area contributed by atoms with Gasteiger partial charge in [0.05, 0.1) is 17.6 Å². The summed E-state index contributed by atoms with van der Waals surface area (Å²) in [5, 5.41) is 2.94. The summed E-state index contributed by atoms with van der Waals surface area (Å²) in [7, 11) is -3.59. The van der Waals surface area contributed by atoms with E-state index in [-0.39, 0.29) is 16.9 Å². The third kappa shape index (κ3) is 5.93. The molecule has 1 N–H and O–H groups in total. The van der Waals surface area contributed by atoms with E-state index in [0.717, 1.165) is 36.0 Å². The van der Waals surface area contributed by atoms with Crippen molar-refractivity contribution in [2.24, 2.45) is 0 Å². The van der Waals surface area contributed by atoms with Crippen molar-refractivity contribution in [3.63, 3.8) is 0 Å². The molecule has 1 aliphatic rings. The molecule has 0 aromatic heterocycles. The molecule has 0 radical (unpaired) electrons. The summed E-state index contributed by atoms with van der Waals surface area (Å²) in [6, 6.07) is 12.6. The van der Waals surface area contributed by atoms with E-state index >= 15 is 0 Å². The number of amides is 1. The van der Waals surface area contributed by atoms with Crippen LogP contribution in [0.4, 0.5) is 0 Å². The van der Waals surface area contributed by atoms with Crippen molar-refractivity contribution in [2.75, 3.05) is 13.1 Å². The molecule has 1 amide bonds. The fraction of sp³-hybridized carbons (Fsp3) is 0.458. The quantitative estimate of drug-likeness (QED) is 0.667. The molecule has 2 aromatic rings. The summed E-state index contributed by atoms with van der Waals surface area (Å²) in [6.07, 6.45) is 2.92. The summed E-state index contributed by atoms with van der Waals surface area (Å²) in [4.78, 5) is 13.1. The standard InChI is InChI=1S/C24H32N2O4S/c1-18(2)30-17-21-10-6-5-9-20(21)16-25-24(27)23-15-22(12-11-19(23)3)31(28,29)26-13-7-4-8-14-26/h5-6,9-12,15,18H,4,7-8,13-14,16-17H2,1-3H3,(H,25,27). The van der Waals surface area contributed by atoms with Gasteiger partial charge in [0.25, 0.3) is 5.91 Å². The van der Waals surface area contributed by atoms with Crippen LogP contribution >= 0.6 is 0 Å². The summed E-state index contributed by atoms with van der Waals surface area (Å²) < 4.78 is 33.2. The largest absolute Gasteiger partial charge is 0.374 e. The number of sulfonamides is 1. The van der Waals surface area contributed by atoms with Crippen molar-refractivity contribution in [3.8, 4) is 0 Å². The Balaban J connectivity index is 1.75. The predicted octanol–water partition coefficient (Wildman–Crippen LogP) is 4.02. The normalized spacial score (nSPS) is 15.2. The minimum absolute atomic E-state index is 0.120. The van der Waals surface area contributed by atoms with Crippen molar-refractivity contribution >= 4 is 15.9 Å². The zero-order valence-electron chi connectivity index (χ0n) is 18.6. The second-order valence-corrected chi connectivity index (χ2v) is 10.2. The van der Waals surface area contributed by atoms with Crippen molar-refractivity contribution in [3.05, 3.63) is 64.7 Å². The molecule has 1 fully saturated rings. The number of nitrogens with one attached hydrogen (secondary N) is 1. The molecule has 0 atom stereocenters. The molecule has 1 aliphatic heterocycles. The topological polar surface area (TPSA) is 75.7 Å². The molecule has 2 aromatic carbocycles. The van der Waals surface area contributed by atoms with Crippen molar-refractivity contribution in [2.45, 2.75) is 64.2 Å². The SMILES string of the molecule is Cc1ccc(S(=O)(=O)N2CCCCC2)cc1C(=O)NCc1ccccc1COC(C)C. The van der Waals surface area contributed by atoms with Gasteiger partial charge in [0, 0.05) is 25.2 Å². The van der Waals surface area contributed by atoms with Crippen LogP contribution in [-0.4, -0.2) is 37.8 Å². The Morgan fingerprint density at radius 2 is 1.74 bits per heavy atom. The van der Waals surface area contributed by atoms with Gasteiger partial charge in [-0.25, -0.2) is 8.42 Å². The summed E-state index contributed by atoms with van der Waals surface area (Å²) >= 11 is 0. The lowest BCUT2D eigenvalue weighted by Crippen LogP contribution is -2.35. The highest BCUT2D eigenvalue weighted by Gasteiger charge is 2.27. The number of carbonyl (C=O) groups excluding carboxylic acids is 1. The van der Waals surface area contributed by atoms with E-state index in [1.165, 1.54) is 10.4 Å². The number of ether oxygens (including phenoxy) is 1. The maximum absolute atomic E-state index is 13.0. The lowest BCUT2D eigenvalue weighted by Gasteiger charge is -2.26. The number of hydrogen-bond donors (Lipinski definition) is 1. The van der Waals surface area contributed by atoms with E-state index in [1.54, 1.807) is 12.1 Å². The average molecular weight is 445 g/mol. The summed E-state index contributed by atoms with van der Waals surface area (Å²) in [5.74, 6) is -0.284. The van der Waals surface area contributed by atoms with Crippen LogP contribution in [0.3, 0.4) is 0 Å². The predicted molar refractivity (Wildman–Crippen MR) is 121 cm³/mol. The second kappa shape index (κ2) is 10.4. The van der Waals surface area contributed by atoms with Crippen LogP contribution in [0.1, 0.15) is 60.2 Å². The van der Waals surface area contributed by atoms with Gasteiger partial charge in [-0.05, 0) is 62.4 Å². The van der Waals surface area contributed by atoms with E-state index in [1.807, 2.05) is 45.0 Å². The number of benzene rings is 2. The average Bonchev–Trinajstić information content (AvgIpc) is 2.77. The van der Waals surface area contributed by atoms with Crippen LogP contribution in [0.15, 0.2) is 47.4 Å². The molecule has 0 spiro atoms. The molecule has 1 saturated heterocycles. The summed E-state index contributed by atoms with van der Waals surface area (Å²) in [5.41, 5.74) is 3.13. The molecule has 168 valence electrons. The Labute approximate surface area is 185 Å². The highest BCUT2D eigenvalue weighted by molar-refractivity contribution is 7.89. The van der Waals surface area contributed by atoms with Gasteiger partial charge in [-0.15, -0.1) is 0 Å². The first-order chi connectivity index (χ1) is 14.8. The van der Waals surface area contributed by atoms with Gasteiger partial charge < -0.3 is 10.1 Å². The Morgan fingerprint density at radius 1 is 1.06 bits per heavy atom. The molecule has 6 nitrogen and oxygen atoms in total. The van der Waals surface area contributed by atoms with Gasteiger partial charge in [-0.3, -0.25) is 4.79 Å². The molecule has 31 heavy (non-hydrogen) atoms. The van der Waals surface area contributed by atoms with Crippen LogP contribution < -0.4 is 5.32 Å². The van der Waals surface area contributed by atoms with Gasteiger partial charge in [0.2, 0.25) is 10.0 Å². The lowest BCUT2D eigenvalue weighted by atomic mass is 10.1. The van der Waals surface area contributed by atoms with Gasteiger partial charge in [-0.2, -0.15) is 4.31 Å². The molecule has 1 heterocycles. The number of piperidine rings is 1. The van der Waals surface area contributed by atoms with E-state index in [0.29, 0.717) is 31.8 Å². The number of carbonyl (C=O) groups is 1. The number of rotatable bonds is 8. The molecular formula is C24H32N2O4S. The maximum atomic E-state index is 13.0. The monoisotopic (exact) mass is 444 g/mol. The molecule has 0 aliphatic carbocycles. The van der Waals surface area contributed by atoms with E-state index in [4.69, 9.17) is 4.74 Å². The fourth-order valence-corrected chi connectivity index (χ4v) is 5.20. The molecule has 0 unspecified atom stereocenters. The van der Waals surface area contributed by atoms with Crippen LogP contribution in [-0.2, 0) is 27.9 Å². The van der Waals surface area contributed by atoms with Gasteiger partial charge in [0.15, 0.2) is 0 Å². The lowest BCUT2D eigenvalue weighted by molar-refractivity contribution is 0.0651. The van der Waals surface area contributed by atoms with Crippen LogP contribution in [0.2, 0.25) is 0 Å². The maximum Gasteiger partial charge on any atom is 0.251 e. The van der Waals surface area contributed by atoms with Gasteiger partial charge >= 0.3 is 0 Å². The van der Waals surface area contributed by atoms with E-state index in [9.17, 15) is 13.2 Å². The Bertz CT molecular complexity index is 1010. The van der Waals surface area contributed by atoms with E-state index < -0.39 is 10.0 Å². The first kappa shape index (κ1) is 23.4. The van der Waals surface area contributed by atoms with Crippen molar-refractivity contribution < 1.29 is 17.9 Å². The molecule has 3 rings (SSSR count). The first-order valence-electron chi connectivity index (χ1n) is 10.9. The Morgan fingerprint density at radius 3 is 2.42 bits per heavy atom. The number of nitrogens with zero attached hydrogens (tertiary/aromatic N) is 1. The molecule has 7 heteroatoms. The highest BCUT2D eigenvalue weighted by atomic mass is 32.2. The molecular weight excluding hydrogens is 412 g/mol. The molecule has 0 saturated carbocycles. The third-order valence-corrected chi connectivity index (χ3v) is 7.43. The zero-order valence-corrected chi connectivity index (χ0v) is 19.4. The van der Waals surface area contributed by atoms with Crippen LogP contribution in [0.25, 0.3) is 0 Å². The fourth-order valence-electron chi connectivity index (χ4n) is 3.66. The van der Waals surface area contributed by atoms with E-state index in [2.05, 4.69) is 5.32 Å². The Hall–Kier alpha value is -2.22. The van der Waals surface area contributed by atoms with Gasteiger partial charge in [-0.1, -0.05) is 36.8 Å². The van der Waals surface area contributed by atoms with Crippen molar-refractivity contribution in [1.29, 1.82) is 0 Å². The van der Waals surface area contributed by atoms with Gasteiger partial charge in [0.1, 0.15) is 0 Å². The Kier molecular flexibility index (Phi) is 7.86. The zero-order chi connectivity index (χ0) is 22.4.